The van der Waals surface area contributed by atoms with E-state index in [1.165, 1.54) is 0 Å². The summed E-state index contributed by atoms with van der Waals surface area (Å²) in [5.41, 5.74) is 8.24. The number of hydrogen-bond donors (Lipinski definition) is 1. The molecule has 0 saturated heterocycles. The topological polar surface area (TPSA) is 103 Å². The second-order valence-corrected chi connectivity index (χ2v) is 8.35. The maximum absolute atomic E-state index is 12.9. The number of allylic oxidation sites excluding steroid dienone is 2. The number of imidazole rings is 1. The molecule has 0 unspecified atom stereocenters. The third kappa shape index (κ3) is 3.76. The highest BCUT2D eigenvalue weighted by Gasteiger charge is 2.34. The third-order valence-corrected chi connectivity index (χ3v) is 6.04. The Morgan fingerprint density at radius 2 is 2.00 bits per heavy atom. The Balaban J connectivity index is 1.77. The lowest BCUT2D eigenvalue weighted by atomic mass is 9.88. The molecule has 166 valence electrons. The number of fused-ring (bicyclic) bond motifs is 3. The summed E-state index contributed by atoms with van der Waals surface area (Å²) in [5, 5.41) is 4.57. The van der Waals surface area contributed by atoms with E-state index < -0.39 is 5.54 Å². The van der Waals surface area contributed by atoms with Crippen LogP contribution < -0.4 is 5.73 Å². The number of amides is 1. The van der Waals surface area contributed by atoms with E-state index in [-0.39, 0.29) is 11.8 Å². The van der Waals surface area contributed by atoms with Crippen LogP contribution in [0.15, 0.2) is 54.4 Å². The van der Waals surface area contributed by atoms with Crippen LogP contribution >= 0.6 is 11.6 Å². The van der Waals surface area contributed by atoms with Gasteiger partial charge in [0.2, 0.25) is 0 Å². The summed E-state index contributed by atoms with van der Waals surface area (Å²) in [4.78, 5) is 23.7. The van der Waals surface area contributed by atoms with Gasteiger partial charge in [0.25, 0.3) is 11.8 Å². The standard InChI is InChI=1S/C23H25ClN6O2/c1-4-6-11-23(25,12-7-5-2)22-27-20(32-28-22)19-17-13-29(3)21(31)18-15(24)9-8-10-16(18)30(17)14-26-19/h4-5,8-10,14H,1-2,6-7,11-13,25H2,3H3. The molecule has 2 N–H and O–H groups in total. The minimum absolute atomic E-state index is 0.165. The lowest BCUT2D eigenvalue weighted by Crippen LogP contribution is -2.37. The van der Waals surface area contributed by atoms with Crippen molar-refractivity contribution in [1.82, 2.24) is 24.6 Å². The van der Waals surface area contributed by atoms with E-state index in [9.17, 15) is 4.79 Å². The maximum Gasteiger partial charge on any atom is 0.278 e. The van der Waals surface area contributed by atoms with Crippen LogP contribution in [0.1, 0.15) is 47.6 Å². The highest BCUT2D eigenvalue weighted by molar-refractivity contribution is 6.34. The summed E-state index contributed by atoms with van der Waals surface area (Å²) in [6.45, 7) is 7.87. The minimum Gasteiger partial charge on any atom is -0.336 e. The van der Waals surface area contributed by atoms with Gasteiger partial charge in [0, 0.05) is 7.05 Å². The number of carbonyl (C=O) groups is 1. The smallest absolute Gasteiger partial charge is 0.278 e. The van der Waals surface area contributed by atoms with Gasteiger partial charge in [0.05, 0.1) is 34.1 Å². The van der Waals surface area contributed by atoms with Crippen molar-refractivity contribution in [2.45, 2.75) is 37.8 Å². The molecular formula is C23H25ClN6O2. The monoisotopic (exact) mass is 452 g/mol. The number of benzene rings is 1. The molecule has 2 aromatic heterocycles. The lowest BCUT2D eigenvalue weighted by molar-refractivity contribution is 0.0788. The van der Waals surface area contributed by atoms with Crippen LogP contribution in [0.5, 0.6) is 0 Å². The van der Waals surface area contributed by atoms with Gasteiger partial charge in [-0.1, -0.05) is 35.0 Å². The zero-order valence-corrected chi connectivity index (χ0v) is 18.7. The quantitative estimate of drug-likeness (QED) is 0.512. The Morgan fingerprint density at radius 1 is 1.28 bits per heavy atom. The lowest BCUT2D eigenvalue weighted by Gasteiger charge is -2.24. The number of nitrogens with zero attached hydrogens (tertiary/aromatic N) is 5. The number of nitrogens with two attached hydrogens (primary N) is 1. The molecule has 0 aliphatic carbocycles. The molecule has 1 amide bonds. The highest BCUT2D eigenvalue weighted by atomic mass is 35.5. The molecule has 0 atom stereocenters. The van der Waals surface area contributed by atoms with Crippen LogP contribution in [-0.4, -0.2) is 37.5 Å². The average molecular weight is 453 g/mol. The van der Waals surface area contributed by atoms with Crippen molar-refractivity contribution >= 4 is 17.5 Å². The van der Waals surface area contributed by atoms with Gasteiger partial charge in [-0.05, 0) is 37.8 Å². The number of rotatable bonds is 8. The molecule has 0 fully saturated rings. The van der Waals surface area contributed by atoms with Crippen LogP contribution in [0.25, 0.3) is 17.3 Å². The van der Waals surface area contributed by atoms with Crippen LogP contribution in [0, 0.1) is 0 Å². The van der Waals surface area contributed by atoms with E-state index in [1.54, 1.807) is 30.4 Å². The van der Waals surface area contributed by atoms with Gasteiger partial charge in [0.1, 0.15) is 6.33 Å². The molecule has 0 saturated carbocycles. The Morgan fingerprint density at radius 3 is 2.69 bits per heavy atom. The highest BCUT2D eigenvalue weighted by Crippen LogP contribution is 2.34. The van der Waals surface area contributed by atoms with Gasteiger partial charge in [-0.2, -0.15) is 4.98 Å². The van der Waals surface area contributed by atoms with Crippen LogP contribution in [0.2, 0.25) is 5.02 Å². The molecule has 9 heteroatoms. The fourth-order valence-electron chi connectivity index (χ4n) is 3.91. The normalized spacial score (nSPS) is 13.5. The molecule has 1 aliphatic rings. The molecule has 0 spiro atoms. The van der Waals surface area contributed by atoms with Gasteiger partial charge in [-0.3, -0.25) is 9.36 Å². The summed E-state index contributed by atoms with van der Waals surface area (Å²) in [6.07, 6.45) is 7.99. The fourth-order valence-corrected chi connectivity index (χ4v) is 4.16. The summed E-state index contributed by atoms with van der Waals surface area (Å²) in [7, 11) is 1.72. The van der Waals surface area contributed by atoms with Gasteiger partial charge in [-0.25, -0.2) is 4.98 Å². The first-order valence-corrected chi connectivity index (χ1v) is 10.7. The van der Waals surface area contributed by atoms with Crippen LogP contribution in [0.4, 0.5) is 0 Å². The van der Waals surface area contributed by atoms with Crippen LogP contribution in [-0.2, 0) is 12.1 Å². The van der Waals surface area contributed by atoms with Crippen molar-refractivity contribution < 1.29 is 9.32 Å². The fraction of sp³-hybridized carbons (Fsp3) is 0.304. The first kappa shape index (κ1) is 22.0. The summed E-state index contributed by atoms with van der Waals surface area (Å²) in [6, 6.07) is 5.34. The zero-order valence-electron chi connectivity index (χ0n) is 17.9. The predicted octanol–water partition coefficient (Wildman–Crippen LogP) is 4.25. The Kier molecular flexibility index (Phi) is 5.99. The van der Waals surface area contributed by atoms with E-state index in [2.05, 4.69) is 28.3 Å². The molecule has 3 heterocycles. The molecule has 1 aliphatic heterocycles. The Hall–Kier alpha value is -3.23. The maximum atomic E-state index is 12.9. The molecule has 8 nitrogen and oxygen atoms in total. The number of carbonyl (C=O) groups excluding carboxylic acids is 1. The van der Waals surface area contributed by atoms with Crippen LogP contribution in [0.3, 0.4) is 0 Å². The molecule has 4 rings (SSSR count). The number of aromatic nitrogens is 4. The van der Waals surface area contributed by atoms with Gasteiger partial charge in [0.15, 0.2) is 11.5 Å². The Labute approximate surface area is 191 Å². The van der Waals surface area contributed by atoms with Crippen molar-refractivity contribution in [3.8, 4) is 17.3 Å². The predicted molar refractivity (Wildman–Crippen MR) is 122 cm³/mol. The molecule has 0 radical (unpaired) electrons. The van der Waals surface area contributed by atoms with Gasteiger partial charge >= 0.3 is 0 Å². The molecular weight excluding hydrogens is 428 g/mol. The van der Waals surface area contributed by atoms with E-state index >= 15 is 0 Å². The average Bonchev–Trinajstić information content (AvgIpc) is 3.41. The second kappa shape index (κ2) is 8.72. The largest absolute Gasteiger partial charge is 0.336 e. The van der Waals surface area contributed by atoms with E-state index in [1.807, 2.05) is 22.8 Å². The first-order valence-electron chi connectivity index (χ1n) is 10.4. The van der Waals surface area contributed by atoms with Crippen molar-refractivity contribution in [2.24, 2.45) is 5.73 Å². The summed E-state index contributed by atoms with van der Waals surface area (Å²) >= 11 is 6.35. The van der Waals surface area contributed by atoms with Crippen molar-refractivity contribution in [3.63, 3.8) is 0 Å². The van der Waals surface area contributed by atoms with Crippen molar-refractivity contribution in [3.05, 3.63) is 71.9 Å². The third-order valence-electron chi connectivity index (χ3n) is 5.73. The first-order chi connectivity index (χ1) is 15.4. The van der Waals surface area contributed by atoms with E-state index in [4.69, 9.17) is 21.9 Å². The molecule has 3 aromatic rings. The molecule has 1 aromatic carbocycles. The summed E-state index contributed by atoms with van der Waals surface area (Å²) < 4.78 is 7.44. The van der Waals surface area contributed by atoms with Crippen molar-refractivity contribution in [2.75, 3.05) is 7.05 Å². The molecule has 0 bridgehead atoms. The van der Waals surface area contributed by atoms with E-state index in [0.717, 1.165) is 18.5 Å². The number of hydrogen-bond acceptors (Lipinski definition) is 6. The second-order valence-electron chi connectivity index (χ2n) is 7.94. The number of halogens is 1. The Bertz CT molecular complexity index is 1170. The zero-order chi connectivity index (χ0) is 22.9. The summed E-state index contributed by atoms with van der Waals surface area (Å²) in [5.74, 6) is 0.507. The van der Waals surface area contributed by atoms with Gasteiger partial charge < -0.3 is 15.2 Å². The van der Waals surface area contributed by atoms with E-state index in [0.29, 0.717) is 47.2 Å². The van der Waals surface area contributed by atoms with Gasteiger partial charge in [-0.15, -0.1) is 13.2 Å². The van der Waals surface area contributed by atoms with Crippen molar-refractivity contribution in [1.29, 1.82) is 0 Å². The minimum atomic E-state index is -0.770. The molecule has 32 heavy (non-hydrogen) atoms. The SMILES string of the molecule is C=CCCC(N)(CCC=C)c1noc(-c2ncn3c2CN(C)C(=O)c2c(Cl)cccc2-3)n1.